The fourth-order valence-corrected chi connectivity index (χ4v) is 2.39. The minimum Gasteiger partial charge on any atom is -0.301 e. The van der Waals surface area contributed by atoms with E-state index in [-0.39, 0.29) is 11.9 Å². The first-order chi connectivity index (χ1) is 10.1. The van der Waals surface area contributed by atoms with Crippen molar-refractivity contribution in [3.05, 3.63) is 47.0 Å². The number of likely N-dealkylation sites (N-methyl/N-ethyl adjacent to an activating group) is 1. The predicted octanol–water partition coefficient (Wildman–Crippen LogP) is 2.47. The largest absolute Gasteiger partial charge is 0.301 e. The molecule has 108 valence electrons. The van der Waals surface area contributed by atoms with Gasteiger partial charge in [0, 0.05) is 18.1 Å². The third-order valence-electron chi connectivity index (χ3n) is 3.19. The van der Waals surface area contributed by atoms with Gasteiger partial charge in [0.2, 0.25) is 5.91 Å². The third-order valence-corrected chi connectivity index (χ3v) is 3.88. The minimum atomic E-state index is -0.292. The van der Waals surface area contributed by atoms with Gasteiger partial charge < -0.3 is 5.32 Å². The molecule has 1 heterocycles. The van der Waals surface area contributed by atoms with Crippen molar-refractivity contribution in [1.29, 1.82) is 5.26 Å². The van der Waals surface area contributed by atoms with Gasteiger partial charge >= 0.3 is 0 Å². The molecule has 1 amide bonds. The second-order valence-electron chi connectivity index (χ2n) is 4.73. The number of hydrogen-bond donors (Lipinski definition) is 1. The van der Waals surface area contributed by atoms with Crippen molar-refractivity contribution in [2.24, 2.45) is 0 Å². The van der Waals surface area contributed by atoms with E-state index < -0.39 is 0 Å². The molecule has 0 saturated carbocycles. The van der Waals surface area contributed by atoms with E-state index in [0.717, 1.165) is 5.56 Å². The lowest BCUT2D eigenvalue weighted by Gasteiger charge is -2.23. The Bertz CT molecular complexity index is 648. The van der Waals surface area contributed by atoms with E-state index in [4.69, 9.17) is 5.26 Å². The van der Waals surface area contributed by atoms with Crippen molar-refractivity contribution in [2.75, 3.05) is 12.4 Å². The van der Waals surface area contributed by atoms with Crippen LogP contribution in [0.25, 0.3) is 0 Å². The third kappa shape index (κ3) is 4.12. The van der Waals surface area contributed by atoms with Crippen LogP contribution in [0.4, 0.5) is 5.13 Å². The molecule has 0 aliphatic carbocycles. The maximum absolute atomic E-state index is 12.1. The molecule has 0 bridgehead atoms. The number of carbonyl (C=O) groups excluding carboxylic acids is 1. The van der Waals surface area contributed by atoms with Crippen LogP contribution in [-0.4, -0.2) is 28.9 Å². The zero-order valence-corrected chi connectivity index (χ0v) is 12.7. The Morgan fingerprint density at radius 3 is 3.05 bits per heavy atom. The number of amides is 1. The lowest BCUT2D eigenvalue weighted by molar-refractivity contribution is -0.120. The number of aromatic nitrogens is 1. The van der Waals surface area contributed by atoms with Crippen molar-refractivity contribution in [3.8, 4) is 6.07 Å². The maximum atomic E-state index is 12.1. The molecule has 0 radical (unpaired) electrons. The minimum absolute atomic E-state index is 0.0936. The number of benzene rings is 1. The van der Waals surface area contributed by atoms with Crippen LogP contribution < -0.4 is 5.32 Å². The highest BCUT2D eigenvalue weighted by molar-refractivity contribution is 7.13. The number of rotatable bonds is 5. The summed E-state index contributed by atoms with van der Waals surface area (Å²) in [5.74, 6) is -0.0936. The smallest absolute Gasteiger partial charge is 0.243 e. The molecular formula is C15H16N4OS. The Hall–Kier alpha value is -2.23. The SMILES string of the molecule is C[C@@H](C(=O)Nc1nccs1)N(C)Cc1cccc(C#N)c1. The molecule has 0 fully saturated rings. The zero-order valence-electron chi connectivity index (χ0n) is 11.9. The first-order valence-electron chi connectivity index (χ1n) is 6.50. The number of hydrogen-bond acceptors (Lipinski definition) is 5. The molecule has 2 aromatic rings. The number of anilines is 1. The molecule has 1 atom stereocenters. The van der Waals surface area contributed by atoms with Gasteiger partial charge in [0.25, 0.3) is 0 Å². The van der Waals surface area contributed by atoms with E-state index in [1.165, 1.54) is 11.3 Å². The first-order valence-corrected chi connectivity index (χ1v) is 7.37. The lowest BCUT2D eigenvalue weighted by atomic mass is 10.1. The number of nitrogens with zero attached hydrogens (tertiary/aromatic N) is 3. The van der Waals surface area contributed by atoms with Crippen LogP contribution in [0.3, 0.4) is 0 Å². The van der Waals surface area contributed by atoms with Gasteiger partial charge in [0.05, 0.1) is 17.7 Å². The summed E-state index contributed by atoms with van der Waals surface area (Å²) in [5, 5.41) is 14.1. The van der Waals surface area contributed by atoms with Crippen LogP contribution in [0.2, 0.25) is 0 Å². The van der Waals surface area contributed by atoms with Crippen molar-refractivity contribution in [2.45, 2.75) is 19.5 Å². The highest BCUT2D eigenvalue weighted by Gasteiger charge is 2.19. The standard InChI is InChI=1S/C15H16N4OS/c1-11(14(20)18-15-17-6-7-21-15)19(2)10-13-5-3-4-12(8-13)9-16/h3-8,11H,10H2,1-2H3,(H,17,18,20)/t11-/m0/s1. The van der Waals surface area contributed by atoms with Crippen LogP contribution >= 0.6 is 11.3 Å². The highest BCUT2D eigenvalue weighted by atomic mass is 32.1. The van der Waals surface area contributed by atoms with Gasteiger partial charge in [-0.05, 0) is 31.7 Å². The lowest BCUT2D eigenvalue weighted by Crippen LogP contribution is -2.39. The summed E-state index contributed by atoms with van der Waals surface area (Å²) < 4.78 is 0. The molecule has 2 rings (SSSR count). The summed E-state index contributed by atoms with van der Waals surface area (Å²) in [4.78, 5) is 18.1. The van der Waals surface area contributed by atoms with Crippen LogP contribution in [0.5, 0.6) is 0 Å². The summed E-state index contributed by atoms with van der Waals surface area (Å²) in [6, 6.07) is 9.22. The van der Waals surface area contributed by atoms with Gasteiger partial charge in [-0.25, -0.2) is 4.98 Å². The number of nitrogens with one attached hydrogen (secondary N) is 1. The summed E-state index contributed by atoms with van der Waals surface area (Å²) in [6.07, 6.45) is 1.65. The second-order valence-corrected chi connectivity index (χ2v) is 5.62. The molecule has 1 aromatic heterocycles. The molecule has 6 heteroatoms. The van der Waals surface area contributed by atoms with Crippen molar-refractivity contribution >= 4 is 22.4 Å². The van der Waals surface area contributed by atoms with Crippen LogP contribution in [0, 0.1) is 11.3 Å². The van der Waals surface area contributed by atoms with Crippen LogP contribution in [0.15, 0.2) is 35.8 Å². The molecule has 0 spiro atoms. The maximum Gasteiger partial charge on any atom is 0.243 e. The van der Waals surface area contributed by atoms with Gasteiger partial charge in [-0.15, -0.1) is 11.3 Å². The fourth-order valence-electron chi connectivity index (χ4n) is 1.86. The van der Waals surface area contributed by atoms with Crippen LogP contribution in [-0.2, 0) is 11.3 Å². The Balaban J connectivity index is 1.97. The molecule has 21 heavy (non-hydrogen) atoms. The summed E-state index contributed by atoms with van der Waals surface area (Å²) in [5.41, 5.74) is 1.63. The highest BCUT2D eigenvalue weighted by Crippen LogP contribution is 2.13. The van der Waals surface area contributed by atoms with Crippen molar-refractivity contribution in [1.82, 2.24) is 9.88 Å². The molecule has 0 aliphatic rings. The van der Waals surface area contributed by atoms with Crippen LogP contribution in [0.1, 0.15) is 18.1 Å². The Kier molecular flexibility index (Phi) is 5.04. The molecule has 0 unspecified atom stereocenters. The topological polar surface area (TPSA) is 69.0 Å². The van der Waals surface area contributed by atoms with E-state index in [9.17, 15) is 4.79 Å². The number of carbonyl (C=O) groups is 1. The van der Waals surface area contributed by atoms with E-state index in [1.54, 1.807) is 12.3 Å². The quantitative estimate of drug-likeness (QED) is 0.921. The molecule has 5 nitrogen and oxygen atoms in total. The van der Waals surface area contributed by atoms with Gasteiger partial charge in [-0.1, -0.05) is 12.1 Å². The van der Waals surface area contributed by atoms with Gasteiger partial charge in [0.15, 0.2) is 5.13 Å². The summed E-state index contributed by atoms with van der Waals surface area (Å²) in [7, 11) is 1.88. The van der Waals surface area contributed by atoms with E-state index >= 15 is 0 Å². The Morgan fingerprint density at radius 1 is 1.57 bits per heavy atom. The van der Waals surface area contributed by atoms with E-state index in [0.29, 0.717) is 17.2 Å². The van der Waals surface area contributed by atoms with Crippen molar-refractivity contribution in [3.63, 3.8) is 0 Å². The second kappa shape index (κ2) is 6.97. The molecule has 1 aromatic carbocycles. The van der Waals surface area contributed by atoms with Gasteiger partial charge in [-0.2, -0.15) is 5.26 Å². The van der Waals surface area contributed by atoms with E-state index in [2.05, 4.69) is 16.4 Å². The molecule has 0 saturated heterocycles. The fraction of sp³-hybridized carbons (Fsp3) is 0.267. The molecule has 0 aliphatic heterocycles. The average Bonchev–Trinajstić information content (AvgIpc) is 2.99. The zero-order chi connectivity index (χ0) is 15.2. The Labute approximate surface area is 127 Å². The monoisotopic (exact) mass is 300 g/mol. The normalized spacial score (nSPS) is 11.9. The molecule has 1 N–H and O–H groups in total. The summed E-state index contributed by atoms with van der Waals surface area (Å²) >= 11 is 1.39. The molecular weight excluding hydrogens is 284 g/mol. The predicted molar refractivity (Wildman–Crippen MR) is 82.8 cm³/mol. The summed E-state index contributed by atoms with van der Waals surface area (Å²) in [6.45, 7) is 2.44. The Morgan fingerprint density at radius 2 is 2.38 bits per heavy atom. The number of thiazole rings is 1. The first kappa shape index (κ1) is 15.2. The van der Waals surface area contributed by atoms with Gasteiger partial charge in [-0.3, -0.25) is 9.69 Å². The average molecular weight is 300 g/mol. The number of nitriles is 1. The van der Waals surface area contributed by atoms with Crippen molar-refractivity contribution < 1.29 is 4.79 Å². The van der Waals surface area contributed by atoms with E-state index in [1.807, 2.05) is 42.5 Å². The van der Waals surface area contributed by atoms with Gasteiger partial charge in [0.1, 0.15) is 0 Å².